The van der Waals surface area contributed by atoms with Gasteiger partial charge in [0.25, 0.3) is 10.0 Å². The zero-order valence-corrected chi connectivity index (χ0v) is 16.8. The number of nitrogens with one attached hydrogen (secondary N) is 2. The number of amides is 1. The number of benzene rings is 2. The molecule has 0 bridgehead atoms. The molecule has 0 fully saturated rings. The van der Waals surface area contributed by atoms with Gasteiger partial charge in [0, 0.05) is 6.42 Å². The van der Waals surface area contributed by atoms with E-state index >= 15 is 0 Å². The van der Waals surface area contributed by atoms with Crippen molar-refractivity contribution in [1.29, 1.82) is 0 Å². The van der Waals surface area contributed by atoms with Gasteiger partial charge in [0.05, 0.1) is 25.7 Å². The predicted octanol–water partition coefficient (Wildman–Crippen LogP) is 2.04. The first-order valence-electron chi connectivity index (χ1n) is 8.64. The lowest BCUT2D eigenvalue weighted by molar-refractivity contribution is -0.121. The molecule has 1 amide bonds. The van der Waals surface area contributed by atoms with Crippen molar-refractivity contribution in [2.24, 2.45) is 0 Å². The maximum atomic E-state index is 12.2. The highest BCUT2D eigenvalue weighted by atomic mass is 32.2. The van der Waals surface area contributed by atoms with Crippen molar-refractivity contribution in [2.45, 2.75) is 24.7 Å². The molecule has 0 aliphatic heterocycles. The molecule has 0 saturated heterocycles. The first-order chi connectivity index (χ1) is 13.4. The summed E-state index contributed by atoms with van der Waals surface area (Å²) in [4.78, 5) is 14.1. The zero-order valence-electron chi connectivity index (χ0n) is 16.0. The Morgan fingerprint density at radius 3 is 2.29 bits per heavy atom. The number of hydrazine groups is 1. The normalized spacial score (nSPS) is 11.0. The summed E-state index contributed by atoms with van der Waals surface area (Å²) in [6.07, 6.45) is 0.512. The van der Waals surface area contributed by atoms with Crippen molar-refractivity contribution in [3.63, 3.8) is 0 Å². The third-order valence-corrected chi connectivity index (χ3v) is 5.12. The highest BCUT2D eigenvalue weighted by molar-refractivity contribution is 7.89. The molecule has 0 saturated carbocycles. The lowest BCUT2D eigenvalue weighted by atomic mass is 10.1. The van der Waals surface area contributed by atoms with E-state index in [-0.39, 0.29) is 11.3 Å². The van der Waals surface area contributed by atoms with Gasteiger partial charge in [-0.25, -0.2) is 8.42 Å². The van der Waals surface area contributed by atoms with Gasteiger partial charge in [0.15, 0.2) is 11.5 Å². The van der Waals surface area contributed by atoms with Gasteiger partial charge in [-0.05, 0) is 55.3 Å². The van der Waals surface area contributed by atoms with Gasteiger partial charge in [-0.2, -0.15) is 0 Å². The minimum atomic E-state index is -3.86. The van der Waals surface area contributed by atoms with Crippen LogP contribution < -0.4 is 24.5 Å². The Balaban J connectivity index is 1.89. The van der Waals surface area contributed by atoms with Crippen LogP contribution in [0.15, 0.2) is 47.4 Å². The molecule has 0 spiro atoms. The summed E-state index contributed by atoms with van der Waals surface area (Å²) >= 11 is 0. The molecule has 9 heteroatoms. The smallest absolute Gasteiger partial charge is 0.257 e. The van der Waals surface area contributed by atoms with Gasteiger partial charge < -0.3 is 14.2 Å². The van der Waals surface area contributed by atoms with Gasteiger partial charge >= 0.3 is 0 Å². The Labute approximate surface area is 164 Å². The Hall–Kier alpha value is -2.78. The number of hydrogen-bond donors (Lipinski definition) is 2. The topological polar surface area (TPSA) is 103 Å². The summed E-state index contributed by atoms with van der Waals surface area (Å²) in [7, 11) is -0.789. The van der Waals surface area contributed by atoms with Gasteiger partial charge in [0.1, 0.15) is 5.75 Å². The monoisotopic (exact) mass is 408 g/mol. The van der Waals surface area contributed by atoms with Crippen LogP contribution in [0.4, 0.5) is 0 Å². The first kappa shape index (κ1) is 21.5. The Morgan fingerprint density at radius 2 is 1.68 bits per heavy atom. The molecule has 0 radical (unpaired) electrons. The van der Waals surface area contributed by atoms with E-state index < -0.39 is 15.9 Å². The van der Waals surface area contributed by atoms with Crippen LogP contribution in [0.2, 0.25) is 0 Å². The number of carbonyl (C=O) groups excluding carboxylic acids is 1. The zero-order chi connectivity index (χ0) is 20.6. The van der Waals surface area contributed by atoms with Crippen LogP contribution in [0.3, 0.4) is 0 Å². The summed E-state index contributed by atoms with van der Waals surface area (Å²) in [5.41, 5.74) is 3.08. The number of sulfonamides is 1. The largest absolute Gasteiger partial charge is 0.494 e. The fraction of sp³-hybridized carbons (Fsp3) is 0.316. The number of rotatable bonds is 10. The molecule has 0 aliphatic rings. The number of methoxy groups -OCH3 is 2. The van der Waals surface area contributed by atoms with E-state index in [1.807, 2.05) is 13.0 Å². The molecule has 2 N–H and O–H groups in total. The average molecular weight is 408 g/mol. The van der Waals surface area contributed by atoms with Gasteiger partial charge in [-0.15, -0.1) is 4.83 Å². The highest BCUT2D eigenvalue weighted by Gasteiger charge is 2.15. The molecule has 152 valence electrons. The van der Waals surface area contributed by atoms with Crippen molar-refractivity contribution in [2.75, 3.05) is 20.8 Å². The van der Waals surface area contributed by atoms with E-state index in [2.05, 4.69) is 10.3 Å². The molecule has 0 aliphatic carbocycles. The minimum absolute atomic E-state index is 0.0242. The summed E-state index contributed by atoms with van der Waals surface area (Å²) in [6, 6.07) is 11.3. The Kier molecular flexibility index (Phi) is 7.65. The second-order valence-electron chi connectivity index (χ2n) is 5.75. The molecule has 0 heterocycles. The third kappa shape index (κ3) is 5.86. The second kappa shape index (κ2) is 9.95. The van der Waals surface area contributed by atoms with Crippen molar-refractivity contribution >= 4 is 15.9 Å². The molecule has 0 unspecified atom stereocenters. The number of carbonyl (C=O) groups is 1. The summed E-state index contributed by atoms with van der Waals surface area (Å²) in [5.74, 6) is 1.28. The molecule has 0 aromatic heterocycles. The number of ether oxygens (including phenoxy) is 3. The maximum Gasteiger partial charge on any atom is 0.257 e. The van der Waals surface area contributed by atoms with Crippen molar-refractivity contribution in [1.82, 2.24) is 10.3 Å². The molecule has 2 rings (SSSR count). The highest BCUT2D eigenvalue weighted by Crippen LogP contribution is 2.27. The van der Waals surface area contributed by atoms with E-state index in [0.29, 0.717) is 30.3 Å². The van der Waals surface area contributed by atoms with Gasteiger partial charge in [-0.1, -0.05) is 6.07 Å². The quantitative estimate of drug-likeness (QED) is 0.583. The van der Waals surface area contributed by atoms with Crippen molar-refractivity contribution < 1.29 is 27.4 Å². The van der Waals surface area contributed by atoms with E-state index in [0.717, 1.165) is 5.56 Å². The average Bonchev–Trinajstić information content (AvgIpc) is 2.71. The number of hydrogen-bond acceptors (Lipinski definition) is 6. The molecule has 28 heavy (non-hydrogen) atoms. The first-order valence-corrected chi connectivity index (χ1v) is 10.1. The SMILES string of the molecule is CCOc1ccc(S(=O)(=O)NNC(=O)CCc2ccc(OC)c(OC)c2)cc1. The van der Waals surface area contributed by atoms with Gasteiger partial charge in [-0.3, -0.25) is 10.2 Å². The summed E-state index contributed by atoms with van der Waals surface area (Å²) in [5, 5.41) is 0. The molecular weight excluding hydrogens is 384 g/mol. The van der Waals surface area contributed by atoms with Crippen LogP contribution in [-0.2, 0) is 21.2 Å². The third-order valence-electron chi connectivity index (χ3n) is 3.86. The summed E-state index contributed by atoms with van der Waals surface area (Å²) < 4.78 is 40.1. The summed E-state index contributed by atoms with van der Waals surface area (Å²) in [6.45, 7) is 2.32. The second-order valence-corrected chi connectivity index (χ2v) is 7.43. The van der Waals surface area contributed by atoms with E-state index in [9.17, 15) is 13.2 Å². The molecule has 0 atom stereocenters. The maximum absolute atomic E-state index is 12.2. The fourth-order valence-corrected chi connectivity index (χ4v) is 3.28. The Morgan fingerprint density at radius 1 is 1.00 bits per heavy atom. The number of aryl methyl sites for hydroxylation is 1. The van der Waals surface area contributed by atoms with Crippen LogP contribution >= 0.6 is 0 Å². The van der Waals surface area contributed by atoms with E-state index in [1.54, 1.807) is 31.4 Å². The van der Waals surface area contributed by atoms with Crippen LogP contribution in [0.25, 0.3) is 0 Å². The van der Waals surface area contributed by atoms with Gasteiger partial charge in [0.2, 0.25) is 5.91 Å². The molecular formula is C19H24N2O6S. The lowest BCUT2D eigenvalue weighted by Crippen LogP contribution is -2.41. The predicted molar refractivity (Wildman–Crippen MR) is 104 cm³/mol. The van der Waals surface area contributed by atoms with Crippen LogP contribution in [0.1, 0.15) is 18.9 Å². The van der Waals surface area contributed by atoms with Crippen LogP contribution in [0, 0.1) is 0 Å². The van der Waals surface area contributed by atoms with E-state index in [4.69, 9.17) is 14.2 Å². The molecule has 8 nitrogen and oxygen atoms in total. The molecule has 2 aromatic rings. The standard InChI is InChI=1S/C19H24N2O6S/c1-4-27-15-7-9-16(10-8-15)28(23,24)21-20-19(22)12-6-14-5-11-17(25-2)18(13-14)26-3/h5,7-11,13,21H,4,6,12H2,1-3H3,(H,20,22). The van der Waals surface area contributed by atoms with Crippen molar-refractivity contribution in [3.05, 3.63) is 48.0 Å². The minimum Gasteiger partial charge on any atom is -0.494 e. The fourth-order valence-electron chi connectivity index (χ4n) is 2.42. The van der Waals surface area contributed by atoms with Crippen LogP contribution in [-0.4, -0.2) is 35.2 Å². The van der Waals surface area contributed by atoms with E-state index in [1.165, 1.54) is 19.2 Å². The lowest BCUT2D eigenvalue weighted by Gasteiger charge is -2.11. The van der Waals surface area contributed by atoms with Crippen molar-refractivity contribution in [3.8, 4) is 17.2 Å². The van der Waals surface area contributed by atoms with Crippen LogP contribution in [0.5, 0.6) is 17.2 Å². The Bertz CT molecular complexity index is 897. The molecule has 2 aromatic carbocycles.